The zero-order valence-electron chi connectivity index (χ0n) is 3.44. The number of hydrogen-bond acceptors (Lipinski definition) is 4. The van der Waals surface area contributed by atoms with Crippen molar-refractivity contribution in [2.24, 2.45) is 26.4 Å². The molecule has 1 rings (SSSR count). The van der Waals surface area contributed by atoms with Crippen LogP contribution in [0.2, 0.25) is 0 Å². The van der Waals surface area contributed by atoms with Gasteiger partial charge in [0.05, 0.1) is 6.21 Å². The van der Waals surface area contributed by atoms with Gasteiger partial charge in [-0.05, 0) is 5.22 Å². The number of hydrazone groups is 1. The number of hydrogen-bond donors (Lipinski definition) is 1. The van der Waals surface area contributed by atoms with Crippen molar-refractivity contribution < 1.29 is 0 Å². The topological polar surface area (TPSA) is 75.5 Å². The standard InChI is InChI=1S/C2H3N5/c3-5-2-1-4-7-6-2/h1H,3H2. The zero-order valence-corrected chi connectivity index (χ0v) is 3.44. The highest BCUT2D eigenvalue weighted by Crippen LogP contribution is 1.86. The molecule has 0 saturated carbocycles. The van der Waals surface area contributed by atoms with Crippen LogP contribution in [0, 0.1) is 0 Å². The van der Waals surface area contributed by atoms with Crippen LogP contribution in [0.25, 0.3) is 0 Å². The van der Waals surface area contributed by atoms with Crippen molar-refractivity contribution >= 4 is 12.1 Å². The highest BCUT2D eigenvalue weighted by molar-refractivity contribution is 6.30. The lowest BCUT2D eigenvalue weighted by atomic mass is 10.7. The normalized spacial score (nSPS) is 22.0. The van der Waals surface area contributed by atoms with E-state index < -0.39 is 0 Å². The molecule has 36 valence electrons. The molecule has 0 aliphatic carbocycles. The van der Waals surface area contributed by atoms with Gasteiger partial charge in [0.1, 0.15) is 0 Å². The van der Waals surface area contributed by atoms with E-state index in [1.54, 1.807) is 0 Å². The minimum absolute atomic E-state index is 0.361. The molecule has 5 nitrogen and oxygen atoms in total. The van der Waals surface area contributed by atoms with Crippen molar-refractivity contribution in [1.82, 2.24) is 0 Å². The van der Waals surface area contributed by atoms with Crippen molar-refractivity contribution in [2.75, 3.05) is 0 Å². The molecule has 0 fully saturated rings. The molecule has 0 radical (unpaired) electrons. The molecule has 2 N–H and O–H groups in total. The molecule has 0 amide bonds. The fraction of sp³-hybridized carbons (Fsp3) is 0. The molecule has 0 atom stereocenters. The first kappa shape index (κ1) is 3.91. The number of rotatable bonds is 0. The average Bonchev–Trinajstić information content (AvgIpc) is 2.14. The molecular formula is C2H3N5. The van der Waals surface area contributed by atoms with E-state index in [2.05, 4.69) is 20.5 Å². The molecule has 1 aliphatic rings. The van der Waals surface area contributed by atoms with E-state index in [-0.39, 0.29) is 0 Å². The minimum atomic E-state index is 0.361. The largest absolute Gasteiger partial charge is 0.321 e. The van der Waals surface area contributed by atoms with Gasteiger partial charge < -0.3 is 5.84 Å². The van der Waals surface area contributed by atoms with Gasteiger partial charge in [-0.3, -0.25) is 0 Å². The molecule has 0 spiro atoms. The molecule has 7 heavy (non-hydrogen) atoms. The van der Waals surface area contributed by atoms with Gasteiger partial charge in [0, 0.05) is 0 Å². The predicted octanol–water partition coefficient (Wildman–Crippen LogP) is -0.290. The summed E-state index contributed by atoms with van der Waals surface area (Å²) in [4.78, 5) is 0. The Hall–Kier alpha value is -1.26. The van der Waals surface area contributed by atoms with Crippen LogP contribution in [0.3, 0.4) is 0 Å². The van der Waals surface area contributed by atoms with Gasteiger partial charge in [0.25, 0.3) is 0 Å². The summed E-state index contributed by atoms with van der Waals surface area (Å²) in [7, 11) is 0. The molecule has 0 bridgehead atoms. The molecule has 0 aromatic carbocycles. The monoisotopic (exact) mass is 97.0 g/mol. The first-order valence-corrected chi connectivity index (χ1v) is 1.65. The van der Waals surface area contributed by atoms with E-state index in [0.29, 0.717) is 5.84 Å². The fourth-order valence-electron chi connectivity index (χ4n) is 0.234. The van der Waals surface area contributed by atoms with E-state index in [1.165, 1.54) is 6.21 Å². The van der Waals surface area contributed by atoms with Crippen LogP contribution in [0.1, 0.15) is 0 Å². The van der Waals surface area contributed by atoms with Crippen LogP contribution in [0.5, 0.6) is 0 Å². The van der Waals surface area contributed by atoms with Gasteiger partial charge >= 0.3 is 0 Å². The summed E-state index contributed by atoms with van der Waals surface area (Å²) in [6, 6.07) is 0. The molecular weight excluding hydrogens is 94.1 g/mol. The third kappa shape index (κ3) is 0.594. The number of amidine groups is 1. The van der Waals surface area contributed by atoms with Crippen LogP contribution in [-0.2, 0) is 0 Å². The molecule has 0 aromatic rings. The van der Waals surface area contributed by atoms with Crippen LogP contribution < -0.4 is 5.84 Å². The maximum Gasteiger partial charge on any atom is 0.215 e. The summed E-state index contributed by atoms with van der Waals surface area (Å²) in [6.07, 6.45) is 1.38. The van der Waals surface area contributed by atoms with Crippen LogP contribution in [-0.4, -0.2) is 12.1 Å². The van der Waals surface area contributed by atoms with Crippen molar-refractivity contribution in [3.63, 3.8) is 0 Å². The highest BCUT2D eigenvalue weighted by atomic mass is 15.4. The van der Waals surface area contributed by atoms with Crippen molar-refractivity contribution in [2.45, 2.75) is 0 Å². The third-order valence-electron chi connectivity index (χ3n) is 0.504. The van der Waals surface area contributed by atoms with Gasteiger partial charge in [-0.15, -0.1) is 10.2 Å². The van der Waals surface area contributed by atoms with E-state index in [0.717, 1.165) is 0 Å². The van der Waals surface area contributed by atoms with Crippen LogP contribution in [0.15, 0.2) is 20.5 Å². The lowest BCUT2D eigenvalue weighted by Crippen LogP contribution is -1.94. The number of nitrogens with zero attached hydrogens (tertiary/aromatic N) is 4. The second-order valence-electron chi connectivity index (χ2n) is 0.921. The summed E-state index contributed by atoms with van der Waals surface area (Å²) < 4.78 is 0. The van der Waals surface area contributed by atoms with Crippen LogP contribution in [0.4, 0.5) is 0 Å². The average molecular weight is 97.1 g/mol. The fourth-order valence-corrected chi connectivity index (χ4v) is 0.234. The van der Waals surface area contributed by atoms with E-state index >= 15 is 0 Å². The highest BCUT2D eigenvalue weighted by Gasteiger charge is 1.93. The molecule has 0 unspecified atom stereocenters. The quantitative estimate of drug-likeness (QED) is 0.327. The lowest BCUT2D eigenvalue weighted by molar-refractivity contribution is 1.12. The Bertz CT molecular complexity index is 128. The molecule has 5 heteroatoms. The summed E-state index contributed by atoms with van der Waals surface area (Å²) in [5, 5.41) is 13.2. The van der Waals surface area contributed by atoms with Gasteiger partial charge in [-0.1, -0.05) is 0 Å². The Balaban J connectivity index is 2.79. The van der Waals surface area contributed by atoms with Crippen LogP contribution >= 0.6 is 0 Å². The van der Waals surface area contributed by atoms with Crippen molar-refractivity contribution in [3.8, 4) is 0 Å². The summed E-state index contributed by atoms with van der Waals surface area (Å²) in [6.45, 7) is 0. The van der Waals surface area contributed by atoms with Gasteiger partial charge in [-0.25, -0.2) is 0 Å². The summed E-state index contributed by atoms with van der Waals surface area (Å²) in [5.41, 5.74) is 0. The zero-order chi connectivity index (χ0) is 5.11. The summed E-state index contributed by atoms with van der Waals surface area (Å²) >= 11 is 0. The molecule has 0 saturated heterocycles. The van der Waals surface area contributed by atoms with Gasteiger partial charge in [0.15, 0.2) is 0 Å². The van der Waals surface area contributed by atoms with E-state index in [9.17, 15) is 0 Å². The molecule has 0 aromatic heterocycles. The van der Waals surface area contributed by atoms with Gasteiger partial charge in [-0.2, -0.15) is 5.10 Å². The number of nitrogens with two attached hydrogens (primary N) is 1. The Kier molecular flexibility index (Phi) is 0.816. The van der Waals surface area contributed by atoms with Gasteiger partial charge in [0.2, 0.25) is 5.84 Å². The maximum atomic E-state index is 4.78. The minimum Gasteiger partial charge on any atom is -0.321 e. The Morgan fingerprint density at radius 3 is 2.86 bits per heavy atom. The second kappa shape index (κ2) is 1.46. The van der Waals surface area contributed by atoms with E-state index in [1.807, 2.05) is 0 Å². The predicted molar refractivity (Wildman–Crippen MR) is 25.0 cm³/mol. The third-order valence-corrected chi connectivity index (χ3v) is 0.504. The summed E-state index contributed by atoms with van der Waals surface area (Å²) in [5.74, 6) is 5.14. The smallest absolute Gasteiger partial charge is 0.215 e. The Labute approximate surface area is 39.6 Å². The Morgan fingerprint density at radius 1 is 1.71 bits per heavy atom. The first-order chi connectivity index (χ1) is 3.43. The SMILES string of the molecule is NN=C1C=NN=N1. The van der Waals surface area contributed by atoms with Crippen molar-refractivity contribution in [3.05, 3.63) is 0 Å². The lowest BCUT2D eigenvalue weighted by Gasteiger charge is -1.71. The molecule has 1 heterocycles. The van der Waals surface area contributed by atoms with Crippen molar-refractivity contribution in [1.29, 1.82) is 0 Å². The molecule has 1 aliphatic heterocycles. The first-order valence-electron chi connectivity index (χ1n) is 1.65. The Morgan fingerprint density at radius 2 is 2.57 bits per heavy atom. The van der Waals surface area contributed by atoms with E-state index in [4.69, 9.17) is 5.84 Å². The second-order valence-corrected chi connectivity index (χ2v) is 0.921. The maximum absolute atomic E-state index is 4.78.